The maximum Gasteiger partial charge on any atom is 0.0483 e. The molecule has 0 atom stereocenters. The second kappa shape index (κ2) is 5.07. The van der Waals surface area contributed by atoms with E-state index < -0.39 is 0 Å². The van der Waals surface area contributed by atoms with E-state index in [0.29, 0.717) is 0 Å². The number of rotatable bonds is 3. The largest absolute Gasteiger partial charge is 0.399 e. The van der Waals surface area contributed by atoms with Crippen LogP contribution in [0.5, 0.6) is 0 Å². The Kier molecular flexibility index (Phi) is 3.69. The summed E-state index contributed by atoms with van der Waals surface area (Å²) in [5.74, 6) is 0. The molecule has 1 aromatic rings. The number of benzene rings is 1. The van der Waals surface area contributed by atoms with E-state index in [0.717, 1.165) is 38.3 Å². The highest BCUT2D eigenvalue weighted by Crippen LogP contribution is 2.22. The highest BCUT2D eigenvalue weighted by molar-refractivity contribution is 5.49. The van der Waals surface area contributed by atoms with Gasteiger partial charge in [-0.3, -0.25) is 0 Å². The molecule has 3 nitrogen and oxygen atoms in total. The molecule has 1 heterocycles. The molecular formula is C14H22N2O. The maximum absolute atomic E-state index is 5.91. The van der Waals surface area contributed by atoms with Crippen molar-refractivity contribution >= 4 is 5.69 Å². The van der Waals surface area contributed by atoms with E-state index in [-0.39, 0.29) is 5.54 Å². The lowest BCUT2D eigenvalue weighted by molar-refractivity contribution is 0.0446. The van der Waals surface area contributed by atoms with Crippen LogP contribution in [0.2, 0.25) is 0 Å². The fourth-order valence-corrected chi connectivity index (χ4v) is 2.20. The summed E-state index contributed by atoms with van der Waals surface area (Å²) in [6.45, 7) is 6.96. The van der Waals surface area contributed by atoms with Gasteiger partial charge in [0.05, 0.1) is 0 Å². The molecule has 0 unspecified atom stereocenters. The Morgan fingerprint density at radius 3 is 2.76 bits per heavy atom. The molecule has 17 heavy (non-hydrogen) atoms. The average molecular weight is 234 g/mol. The first-order chi connectivity index (χ1) is 8.11. The van der Waals surface area contributed by atoms with Gasteiger partial charge in [0.25, 0.3) is 0 Å². The van der Waals surface area contributed by atoms with Crippen molar-refractivity contribution in [2.45, 2.75) is 38.8 Å². The Hall–Kier alpha value is -1.06. The van der Waals surface area contributed by atoms with Gasteiger partial charge in [0.1, 0.15) is 0 Å². The van der Waals surface area contributed by atoms with Crippen molar-refractivity contribution in [3.05, 3.63) is 29.3 Å². The van der Waals surface area contributed by atoms with Gasteiger partial charge in [0.15, 0.2) is 0 Å². The van der Waals surface area contributed by atoms with Crippen LogP contribution < -0.4 is 11.1 Å². The van der Waals surface area contributed by atoms with Crippen LogP contribution in [0.3, 0.4) is 0 Å². The minimum atomic E-state index is 0.204. The zero-order valence-corrected chi connectivity index (χ0v) is 10.8. The first kappa shape index (κ1) is 12.4. The summed E-state index contributed by atoms with van der Waals surface area (Å²) in [5, 5.41) is 3.65. The molecule has 1 aliphatic rings. The molecule has 0 aliphatic carbocycles. The highest BCUT2D eigenvalue weighted by atomic mass is 16.5. The number of hydrogen-bond donors (Lipinski definition) is 2. The number of nitrogen functional groups attached to an aromatic ring is 1. The lowest BCUT2D eigenvalue weighted by Gasteiger charge is -2.35. The number of nitrogens with one attached hydrogen (secondary N) is 1. The predicted octanol–water partition coefficient (Wildman–Crippen LogP) is 2.24. The fourth-order valence-electron chi connectivity index (χ4n) is 2.20. The zero-order chi connectivity index (χ0) is 12.3. The van der Waals surface area contributed by atoms with Crippen molar-refractivity contribution in [3.63, 3.8) is 0 Å². The third-order valence-corrected chi connectivity index (χ3v) is 3.79. The fraction of sp³-hybridized carbons (Fsp3) is 0.571. The summed E-state index contributed by atoms with van der Waals surface area (Å²) in [4.78, 5) is 0. The summed E-state index contributed by atoms with van der Waals surface area (Å²) < 4.78 is 5.40. The monoisotopic (exact) mass is 234 g/mol. The van der Waals surface area contributed by atoms with Gasteiger partial charge in [-0.15, -0.1) is 0 Å². The Bertz CT molecular complexity index is 384. The molecular weight excluding hydrogens is 212 g/mol. The smallest absolute Gasteiger partial charge is 0.0483 e. The molecule has 1 aromatic carbocycles. The van der Waals surface area contributed by atoms with Gasteiger partial charge in [-0.2, -0.15) is 0 Å². The summed E-state index contributed by atoms with van der Waals surface area (Å²) >= 11 is 0. The lowest BCUT2D eigenvalue weighted by Crippen LogP contribution is -2.46. The van der Waals surface area contributed by atoms with Crippen molar-refractivity contribution in [2.75, 3.05) is 18.9 Å². The molecule has 0 saturated carbocycles. The first-order valence-electron chi connectivity index (χ1n) is 6.27. The van der Waals surface area contributed by atoms with E-state index >= 15 is 0 Å². The Morgan fingerprint density at radius 1 is 1.35 bits per heavy atom. The Labute approximate surface area is 103 Å². The molecule has 0 bridgehead atoms. The van der Waals surface area contributed by atoms with Gasteiger partial charge in [-0.25, -0.2) is 0 Å². The molecule has 3 heteroatoms. The van der Waals surface area contributed by atoms with Gasteiger partial charge >= 0.3 is 0 Å². The van der Waals surface area contributed by atoms with Crippen molar-refractivity contribution in [3.8, 4) is 0 Å². The second-order valence-electron chi connectivity index (χ2n) is 5.16. The summed E-state index contributed by atoms with van der Waals surface area (Å²) in [6.07, 6.45) is 2.16. The van der Waals surface area contributed by atoms with Crippen LogP contribution in [0.25, 0.3) is 0 Å². The molecule has 1 saturated heterocycles. The highest BCUT2D eigenvalue weighted by Gasteiger charge is 2.26. The quantitative estimate of drug-likeness (QED) is 0.788. The number of nitrogens with two attached hydrogens (primary N) is 1. The van der Waals surface area contributed by atoms with Gasteiger partial charge in [0.2, 0.25) is 0 Å². The lowest BCUT2D eigenvalue weighted by atomic mass is 9.92. The molecule has 1 aliphatic heterocycles. The van der Waals surface area contributed by atoms with Crippen molar-refractivity contribution in [2.24, 2.45) is 0 Å². The van der Waals surface area contributed by atoms with Gasteiger partial charge in [-0.1, -0.05) is 12.1 Å². The normalized spacial score (nSPS) is 19.2. The number of hydrogen-bond acceptors (Lipinski definition) is 3. The van der Waals surface area contributed by atoms with E-state index in [1.54, 1.807) is 0 Å². The van der Waals surface area contributed by atoms with E-state index in [9.17, 15) is 0 Å². The molecule has 2 rings (SSSR count). The molecule has 0 radical (unpaired) electrons. The minimum Gasteiger partial charge on any atom is -0.399 e. The predicted molar refractivity (Wildman–Crippen MR) is 70.9 cm³/mol. The van der Waals surface area contributed by atoms with Crippen LogP contribution >= 0.6 is 0 Å². The van der Waals surface area contributed by atoms with E-state index in [1.807, 2.05) is 12.1 Å². The molecule has 94 valence electrons. The van der Waals surface area contributed by atoms with Crippen molar-refractivity contribution in [1.29, 1.82) is 0 Å². The topological polar surface area (TPSA) is 47.3 Å². The Balaban J connectivity index is 1.99. The van der Waals surface area contributed by atoms with E-state index in [2.05, 4.69) is 25.2 Å². The standard InChI is InChI=1S/C14H22N2O/c1-11-12(4-3-5-13(11)15)10-16-14(2)6-8-17-9-7-14/h3-5,16H,6-10,15H2,1-2H3. The maximum atomic E-state index is 5.91. The van der Waals surface area contributed by atoms with Crippen molar-refractivity contribution in [1.82, 2.24) is 5.32 Å². The number of ether oxygens (including phenoxy) is 1. The summed E-state index contributed by atoms with van der Waals surface area (Å²) in [6, 6.07) is 6.11. The van der Waals surface area contributed by atoms with Crippen LogP contribution in [0.1, 0.15) is 30.9 Å². The van der Waals surface area contributed by atoms with Gasteiger partial charge in [0, 0.05) is 31.0 Å². The third kappa shape index (κ3) is 2.99. The SMILES string of the molecule is Cc1c(N)cccc1CNC1(C)CCOCC1. The third-order valence-electron chi connectivity index (χ3n) is 3.79. The average Bonchev–Trinajstić information content (AvgIpc) is 2.32. The van der Waals surface area contributed by atoms with Crippen LogP contribution in [0.4, 0.5) is 5.69 Å². The molecule has 0 amide bonds. The first-order valence-corrected chi connectivity index (χ1v) is 6.27. The van der Waals surface area contributed by atoms with Crippen molar-refractivity contribution < 1.29 is 4.74 Å². The van der Waals surface area contributed by atoms with E-state index in [1.165, 1.54) is 11.1 Å². The van der Waals surface area contributed by atoms with Gasteiger partial charge in [-0.05, 0) is 43.9 Å². The summed E-state index contributed by atoms with van der Waals surface area (Å²) in [5.41, 5.74) is 9.47. The Morgan fingerprint density at radius 2 is 2.06 bits per heavy atom. The second-order valence-corrected chi connectivity index (χ2v) is 5.16. The van der Waals surface area contributed by atoms with Crippen LogP contribution in [0, 0.1) is 6.92 Å². The number of anilines is 1. The zero-order valence-electron chi connectivity index (χ0n) is 10.8. The molecule has 0 aromatic heterocycles. The molecule has 0 spiro atoms. The summed E-state index contributed by atoms with van der Waals surface area (Å²) in [7, 11) is 0. The van der Waals surface area contributed by atoms with Gasteiger partial charge < -0.3 is 15.8 Å². The van der Waals surface area contributed by atoms with Crippen LogP contribution in [0.15, 0.2) is 18.2 Å². The molecule has 1 fully saturated rings. The van der Waals surface area contributed by atoms with Crippen LogP contribution in [-0.2, 0) is 11.3 Å². The van der Waals surface area contributed by atoms with E-state index in [4.69, 9.17) is 10.5 Å². The molecule has 3 N–H and O–H groups in total. The van der Waals surface area contributed by atoms with Crippen LogP contribution in [-0.4, -0.2) is 18.8 Å². The minimum absolute atomic E-state index is 0.204.